The largest absolute Gasteiger partial charge is 0.497 e. The highest BCUT2D eigenvalue weighted by Crippen LogP contribution is 2.16. The minimum absolute atomic E-state index is 0.0702. The quantitative estimate of drug-likeness (QED) is 0.753. The molecule has 2 rings (SSSR count). The maximum Gasteiger partial charge on any atom is 0.317 e. The number of ether oxygens (including phenoxy) is 2. The van der Waals surface area contributed by atoms with Crippen LogP contribution in [0.25, 0.3) is 0 Å². The number of hydrogen-bond acceptors (Lipinski definition) is 4. The molecule has 0 atom stereocenters. The van der Waals surface area contributed by atoms with E-state index >= 15 is 0 Å². The second-order valence-electron chi connectivity index (χ2n) is 4.85. The van der Waals surface area contributed by atoms with Gasteiger partial charge in [-0.1, -0.05) is 6.07 Å². The maximum absolute atomic E-state index is 12.1. The fourth-order valence-electron chi connectivity index (χ4n) is 2.03. The van der Waals surface area contributed by atoms with Gasteiger partial charge in [0.2, 0.25) is 0 Å². The third kappa shape index (κ3) is 5.49. The fraction of sp³-hybridized carbons (Fsp3) is 0.353. The summed E-state index contributed by atoms with van der Waals surface area (Å²) in [5.41, 5.74) is 0. The van der Waals surface area contributed by atoms with Gasteiger partial charge in [0.15, 0.2) is 0 Å². The van der Waals surface area contributed by atoms with Crippen LogP contribution in [0.4, 0.5) is 4.79 Å². The lowest BCUT2D eigenvalue weighted by Crippen LogP contribution is -2.40. The molecule has 1 N–H and O–H groups in total. The van der Waals surface area contributed by atoms with E-state index in [0.29, 0.717) is 26.2 Å². The summed E-state index contributed by atoms with van der Waals surface area (Å²) in [7, 11) is 1.63. The predicted octanol–water partition coefficient (Wildman–Crippen LogP) is 3.37. The summed E-state index contributed by atoms with van der Waals surface area (Å²) < 4.78 is 10.7. The molecule has 0 bridgehead atoms. The molecule has 0 aliphatic rings. The fourth-order valence-corrected chi connectivity index (χ4v) is 2.75. The molecule has 0 saturated heterocycles. The number of rotatable bonds is 8. The highest BCUT2D eigenvalue weighted by molar-refractivity contribution is 7.09. The van der Waals surface area contributed by atoms with Gasteiger partial charge in [-0.3, -0.25) is 0 Å². The van der Waals surface area contributed by atoms with E-state index in [-0.39, 0.29) is 6.03 Å². The third-order valence-electron chi connectivity index (χ3n) is 3.30. The molecule has 0 spiro atoms. The first-order valence-electron chi connectivity index (χ1n) is 7.55. The van der Waals surface area contributed by atoms with Gasteiger partial charge in [-0.25, -0.2) is 4.79 Å². The van der Waals surface area contributed by atoms with E-state index in [1.807, 2.05) is 48.7 Å². The van der Waals surface area contributed by atoms with Gasteiger partial charge in [0.25, 0.3) is 0 Å². The summed E-state index contributed by atoms with van der Waals surface area (Å²) in [6.45, 7) is 4.17. The molecular formula is C17H22N2O3S. The number of methoxy groups -OCH3 is 1. The lowest BCUT2D eigenvalue weighted by Gasteiger charge is -2.20. The van der Waals surface area contributed by atoms with Gasteiger partial charge in [-0.15, -0.1) is 11.3 Å². The number of urea groups is 1. The van der Waals surface area contributed by atoms with Gasteiger partial charge < -0.3 is 19.7 Å². The first kappa shape index (κ1) is 17.1. The molecule has 0 radical (unpaired) electrons. The lowest BCUT2D eigenvalue weighted by molar-refractivity contribution is 0.195. The van der Waals surface area contributed by atoms with E-state index < -0.39 is 0 Å². The van der Waals surface area contributed by atoms with Crippen molar-refractivity contribution in [2.24, 2.45) is 0 Å². The number of hydrogen-bond donors (Lipinski definition) is 1. The second-order valence-corrected chi connectivity index (χ2v) is 5.88. The molecule has 5 nitrogen and oxygen atoms in total. The Morgan fingerprint density at radius 3 is 2.57 bits per heavy atom. The number of carbonyl (C=O) groups is 1. The average molecular weight is 334 g/mol. The molecule has 23 heavy (non-hydrogen) atoms. The monoisotopic (exact) mass is 334 g/mol. The van der Waals surface area contributed by atoms with Crippen molar-refractivity contribution in [3.63, 3.8) is 0 Å². The van der Waals surface area contributed by atoms with E-state index in [1.165, 1.54) is 4.88 Å². The molecule has 1 heterocycles. The van der Waals surface area contributed by atoms with Crippen molar-refractivity contribution in [2.45, 2.75) is 13.5 Å². The van der Waals surface area contributed by atoms with Crippen LogP contribution in [-0.4, -0.2) is 37.7 Å². The third-order valence-corrected chi connectivity index (χ3v) is 4.16. The Bertz CT molecular complexity index is 584. The number of amides is 2. The zero-order valence-corrected chi connectivity index (χ0v) is 14.3. The number of nitrogens with one attached hydrogen (secondary N) is 1. The van der Waals surface area contributed by atoms with E-state index in [2.05, 4.69) is 5.32 Å². The first-order valence-corrected chi connectivity index (χ1v) is 8.43. The highest BCUT2D eigenvalue weighted by Gasteiger charge is 2.11. The van der Waals surface area contributed by atoms with Crippen LogP contribution in [-0.2, 0) is 6.54 Å². The molecule has 6 heteroatoms. The molecule has 2 amide bonds. The van der Waals surface area contributed by atoms with Crippen molar-refractivity contribution < 1.29 is 14.3 Å². The topological polar surface area (TPSA) is 50.8 Å². The van der Waals surface area contributed by atoms with Crippen LogP contribution in [0, 0.1) is 0 Å². The second kappa shape index (κ2) is 9.05. The number of thiophene rings is 1. The van der Waals surface area contributed by atoms with E-state index in [4.69, 9.17) is 9.47 Å². The van der Waals surface area contributed by atoms with Crippen LogP contribution >= 0.6 is 11.3 Å². The Hall–Kier alpha value is -2.21. The summed E-state index contributed by atoms with van der Waals surface area (Å²) in [6.07, 6.45) is 0. The van der Waals surface area contributed by atoms with Crippen LogP contribution < -0.4 is 14.8 Å². The van der Waals surface area contributed by atoms with Crippen LogP contribution in [0.5, 0.6) is 11.5 Å². The SMILES string of the molecule is CCN(Cc1cccs1)C(=O)NCCOc1ccc(OC)cc1. The summed E-state index contributed by atoms with van der Waals surface area (Å²) in [5.74, 6) is 1.55. The number of carbonyl (C=O) groups excluding carboxylic acids is 1. The number of nitrogens with zero attached hydrogens (tertiary/aromatic N) is 1. The van der Waals surface area contributed by atoms with Crippen LogP contribution in [0.2, 0.25) is 0 Å². The van der Waals surface area contributed by atoms with Crippen molar-refractivity contribution in [3.8, 4) is 11.5 Å². The minimum atomic E-state index is -0.0702. The minimum Gasteiger partial charge on any atom is -0.497 e. The summed E-state index contributed by atoms with van der Waals surface area (Å²) in [6, 6.07) is 11.3. The average Bonchev–Trinajstić information content (AvgIpc) is 3.10. The normalized spacial score (nSPS) is 10.2. The van der Waals surface area contributed by atoms with E-state index in [9.17, 15) is 4.79 Å². The molecule has 0 aliphatic heterocycles. The molecule has 0 fully saturated rings. The molecular weight excluding hydrogens is 312 g/mol. The Morgan fingerprint density at radius 2 is 1.96 bits per heavy atom. The standard InChI is InChI=1S/C17H22N2O3S/c1-3-19(13-16-5-4-12-23-16)17(20)18-10-11-22-15-8-6-14(21-2)7-9-15/h4-9,12H,3,10-11,13H2,1-2H3,(H,18,20). The predicted molar refractivity (Wildman–Crippen MR) is 92.3 cm³/mol. The van der Waals surface area contributed by atoms with Crippen molar-refractivity contribution in [1.29, 1.82) is 0 Å². The highest BCUT2D eigenvalue weighted by atomic mass is 32.1. The van der Waals surface area contributed by atoms with Gasteiger partial charge in [0.1, 0.15) is 18.1 Å². The Morgan fingerprint density at radius 1 is 1.22 bits per heavy atom. The van der Waals surface area contributed by atoms with Crippen molar-refractivity contribution in [1.82, 2.24) is 10.2 Å². The van der Waals surface area contributed by atoms with Crippen molar-refractivity contribution >= 4 is 17.4 Å². The Kier molecular flexibility index (Phi) is 6.75. The lowest BCUT2D eigenvalue weighted by atomic mass is 10.3. The smallest absolute Gasteiger partial charge is 0.317 e. The summed E-state index contributed by atoms with van der Waals surface area (Å²) in [4.78, 5) is 15.1. The van der Waals surface area contributed by atoms with Gasteiger partial charge in [-0.05, 0) is 42.6 Å². The summed E-state index contributed by atoms with van der Waals surface area (Å²) in [5, 5.41) is 4.90. The maximum atomic E-state index is 12.1. The van der Waals surface area contributed by atoms with Crippen LogP contribution in [0.3, 0.4) is 0 Å². The Labute approximate surface area is 140 Å². The van der Waals surface area contributed by atoms with Crippen LogP contribution in [0.15, 0.2) is 41.8 Å². The van der Waals surface area contributed by atoms with Gasteiger partial charge in [0, 0.05) is 11.4 Å². The van der Waals surface area contributed by atoms with E-state index in [1.54, 1.807) is 23.3 Å². The van der Waals surface area contributed by atoms with Gasteiger partial charge >= 0.3 is 6.03 Å². The van der Waals surface area contributed by atoms with Crippen molar-refractivity contribution in [3.05, 3.63) is 46.7 Å². The Balaban J connectivity index is 1.70. The zero-order valence-electron chi connectivity index (χ0n) is 13.5. The number of benzene rings is 1. The van der Waals surface area contributed by atoms with Gasteiger partial charge in [-0.2, -0.15) is 0 Å². The first-order chi connectivity index (χ1) is 11.2. The van der Waals surface area contributed by atoms with Gasteiger partial charge in [0.05, 0.1) is 20.2 Å². The van der Waals surface area contributed by atoms with Crippen molar-refractivity contribution in [2.75, 3.05) is 26.8 Å². The summed E-state index contributed by atoms with van der Waals surface area (Å²) >= 11 is 1.66. The molecule has 1 aromatic carbocycles. The molecule has 0 aliphatic carbocycles. The molecule has 2 aromatic rings. The molecule has 124 valence electrons. The molecule has 0 saturated carbocycles. The van der Waals surface area contributed by atoms with Crippen LogP contribution in [0.1, 0.15) is 11.8 Å². The molecule has 1 aromatic heterocycles. The molecule has 0 unspecified atom stereocenters. The zero-order chi connectivity index (χ0) is 16.5. The van der Waals surface area contributed by atoms with E-state index in [0.717, 1.165) is 11.5 Å².